The lowest BCUT2D eigenvalue weighted by Crippen LogP contribution is -2.40. The van der Waals surface area contributed by atoms with Crippen molar-refractivity contribution in [3.05, 3.63) is 71.3 Å². The lowest BCUT2D eigenvalue weighted by molar-refractivity contribution is 0.0931. The number of nitrogens with one attached hydrogen (secondary N) is 2. The van der Waals surface area contributed by atoms with Crippen molar-refractivity contribution in [3.63, 3.8) is 0 Å². The molecule has 0 saturated heterocycles. The molecule has 164 valence electrons. The zero-order valence-corrected chi connectivity index (χ0v) is 18.9. The van der Waals surface area contributed by atoms with Crippen molar-refractivity contribution < 1.29 is 13.2 Å². The van der Waals surface area contributed by atoms with Crippen LogP contribution in [0.25, 0.3) is 0 Å². The minimum absolute atomic E-state index is 0.0605. The quantitative estimate of drug-likeness (QED) is 0.422. The van der Waals surface area contributed by atoms with Crippen LogP contribution < -0.4 is 10.6 Å². The van der Waals surface area contributed by atoms with Crippen LogP contribution in [0.1, 0.15) is 30.5 Å². The van der Waals surface area contributed by atoms with Crippen LogP contribution in [0.4, 0.5) is 0 Å². The van der Waals surface area contributed by atoms with Crippen LogP contribution in [-0.2, 0) is 33.5 Å². The molecule has 0 bridgehead atoms. The first-order chi connectivity index (χ1) is 14.4. The molecular weight excluding hydrogens is 398 g/mol. The van der Waals surface area contributed by atoms with Crippen molar-refractivity contribution in [1.82, 2.24) is 10.6 Å². The molecule has 0 fully saturated rings. The van der Waals surface area contributed by atoms with E-state index in [0.717, 1.165) is 30.2 Å². The van der Waals surface area contributed by atoms with Gasteiger partial charge in [0.15, 0.2) is 15.8 Å². The number of hydrogen-bond donors (Lipinski definition) is 2. The fraction of sp³-hybridized carbons (Fsp3) is 0.435. The van der Waals surface area contributed by atoms with E-state index in [1.165, 1.54) is 11.8 Å². The molecule has 7 heteroatoms. The van der Waals surface area contributed by atoms with E-state index in [9.17, 15) is 8.42 Å². The van der Waals surface area contributed by atoms with E-state index in [4.69, 9.17) is 4.74 Å². The number of guanidine groups is 1. The number of ether oxygens (including phenoxy) is 1. The second-order valence-corrected chi connectivity index (χ2v) is 9.71. The zero-order chi connectivity index (χ0) is 21.8. The van der Waals surface area contributed by atoms with Crippen LogP contribution in [0.2, 0.25) is 0 Å². The topological polar surface area (TPSA) is 79.8 Å². The maximum Gasteiger partial charge on any atom is 0.191 e. The van der Waals surface area contributed by atoms with E-state index in [1.807, 2.05) is 49.4 Å². The molecule has 0 spiro atoms. The number of nitrogens with zero attached hydrogens (tertiary/aromatic N) is 1. The van der Waals surface area contributed by atoms with Crippen LogP contribution in [0.5, 0.6) is 0 Å². The van der Waals surface area contributed by atoms with Gasteiger partial charge in [-0.3, -0.25) is 0 Å². The van der Waals surface area contributed by atoms with Crippen molar-refractivity contribution in [1.29, 1.82) is 0 Å². The third-order valence-corrected chi connectivity index (χ3v) is 5.21. The largest absolute Gasteiger partial charge is 0.376 e. The lowest BCUT2D eigenvalue weighted by Gasteiger charge is -2.16. The highest BCUT2D eigenvalue weighted by molar-refractivity contribution is 7.89. The van der Waals surface area contributed by atoms with Crippen molar-refractivity contribution in [2.24, 2.45) is 10.9 Å². The molecule has 2 aromatic rings. The van der Waals surface area contributed by atoms with Gasteiger partial charge in [0.05, 0.1) is 25.5 Å². The Morgan fingerprint density at radius 3 is 2.30 bits per heavy atom. The molecule has 2 aromatic carbocycles. The van der Waals surface area contributed by atoms with Crippen molar-refractivity contribution >= 4 is 15.8 Å². The molecule has 30 heavy (non-hydrogen) atoms. The number of sulfone groups is 1. The molecule has 0 amide bonds. The highest BCUT2D eigenvalue weighted by atomic mass is 32.2. The Balaban J connectivity index is 1.79. The fourth-order valence-electron chi connectivity index (χ4n) is 2.84. The Bertz CT molecular complexity index is 882. The third kappa shape index (κ3) is 9.89. The van der Waals surface area contributed by atoms with E-state index in [0.29, 0.717) is 25.7 Å². The van der Waals surface area contributed by atoms with Crippen molar-refractivity contribution in [2.45, 2.75) is 32.8 Å². The maximum atomic E-state index is 11.4. The average molecular weight is 432 g/mol. The van der Waals surface area contributed by atoms with Gasteiger partial charge in [0.2, 0.25) is 0 Å². The van der Waals surface area contributed by atoms with Crippen molar-refractivity contribution in [2.75, 3.05) is 26.0 Å². The van der Waals surface area contributed by atoms with Gasteiger partial charge in [0.25, 0.3) is 0 Å². The molecular formula is C23H33N3O3S. The zero-order valence-electron chi connectivity index (χ0n) is 18.1. The Kier molecular flexibility index (Phi) is 9.83. The Labute approximate surface area is 180 Å². The van der Waals surface area contributed by atoms with E-state index < -0.39 is 9.84 Å². The SMILES string of the molecule is CCNC(=NCc1ccc(CS(C)(=O)=O)cc1)NCC(C)COCc1ccccc1. The minimum Gasteiger partial charge on any atom is -0.376 e. The first kappa shape index (κ1) is 23.9. The van der Waals surface area contributed by atoms with Gasteiger partial charge in [-0.2, -0.15) is 0 Å². The molecule has 0 radical (unpaired) electrons. The second kappa shape index (κ2) is 12.3. The van der Waals surface area contributed by atoms with Gasteiger partial charge < -0.3 is 15.4 Å². The standard InChI is InChI=1S/C23H33N3O3S/c1-4-24-23(25-14-19(2)16-29-17-21-8-6-5-7-9-21)26-15-20-10-12-22(13-11-20)18-30(3,27)28/h5-13,19H,4,14-18H2,1-3H3,(H2,24,25,26). The number of benzene rings is 2. The number of hydrogen-bond acceptors (Lipinski definition) is 4. The first-order valence-corrected chi connectivity index (χ1v) is 12.3. The molecule has 0 aromatic heterocycles. The molecule has 2 rings (SSSR count). The highest BCUT2D eigenvalue weighted by Crippen LogP contribution is 2.09. The average Bonchev–Trinajstić information content (AvgIpc) is 2.71. The summed E-state index contributed by atoms with van der Waals surface area (Å²) in [6.45, 7) is 7.52. The summed E-state index contributed by atoms with van der Waals surface area (Å²) in [6.07, 6.45) is 1.24. The van der Waals surface area contributed by atoms with Gasteiger partial charge in [-0.1, -0.05) is 61.5 Å². The lowest BCUT2D eigenvalue weighted by atomic mass is 10.1. The summed E-state index contributed by atoms with van der Waals surface area (Å²) < 4.78 is 28.6. The molecule has 1 atom stereocenters. The smallest absolute Gasteiger partial charge is 0.191 e. The second-order valence-electron chi connectivity index (χ2n) is 7.57. The summed E-state index contributed by atoms with van der Waals surface area (Å²) in [7, 11) is -3.02. The molecule has 2 N–H and O–H groups in total. The summed E-state index contributed by atoms with van der Waals surface area (Å²) in [5, 5.41) is 6.61. The third-order valence-electron chi connectivity index (χ3n) is 4.35. The number of rotatable bonds is 11. The monoisotopic (exact) mass is 431 g/mol. The van der Waals surface area contributed by atoms with Crippen LogP contribution in [0, 0.1) is 5.92 Å². The van der Waals surface area contributed by atoms with Gasteiger partial charge in [0, 0.05) is 19.3 Å². The van der Waals surface area contributed by atoms with E-state index in [2.05, 4.69) is 34.7 Å². The molecule has 6 nitrogen and oxygen atoms in total. The van der Waals surface area contributed by atoms with Crippen LogP contribution in [-0.4, -0.2) is 40.3 Å². The number of aliphatic imine (C=N–C) groups is 1. The molecule has 0 aliphatic heterocycles. The Morgan fingerprint density at radius 1 is 1.00 bits per heavy atom. The summed E-state index contributed by atoms with van der Waals surface area (Å²) in [5.74, 6) is 1.16. The Morgan fingerprint density at radius 2 is 1.67 bits per heavy atom. The molecule has 0 aliphatic rings. The molecule has 0 aliphatic carbocycles. The Hall–Kier alpha value is -2.38. The van der Waals surface area contributed by atoms with Gasteiger partial charge in [-0.25, -0.2) is 13.4 Å². The summed E-state index contributed by atoms with van der Waals surface area (Å²) in [5.41, 5.74) is 3.00. The van der Waals surface area contributed by atoms with Gasteiger partial charge >= 0.3 is 0 Å². The summed E-state index contributed by atoms with van der Waals surface area (Å²) in [6, 6.07) is 17.7. The predicted molar refractivity (Wildman–Crippen MR) is 123 cm³/mol. The van der Waals surface area contributed by atoms with E-state index in [1.54, 1.807) is 0 Å². The molecule has 0 saturated carbocycles. The van der Waals surface area contributed by atoms with E-state index in [-0.39, 0.29) is 5.75 Å². The fourth-order valence-corrected chi connectivity index (χ4v) is 3.64. The van der Waals surface area contributed by atoms with Crippen molar-refractivity contribution in [3.8, 4) is 0 Å². The minimum atomic E-state index is -3.02. The van der Waals surface area contributed by atoms with Crippen LogP contribution in [0.3, 0.4) is 0 Å². The molecule has 0 heterocycles. The normalized spacial score (nSPS) is 13.1. The highest BCUT2D eigenvalue weighted by Gasteiger charge is 2.06. The van der Waals surface area contributed by atoms with Gasteiger partial charge in [-0.15, -0.1) is 0 Å². The predicted octanol–water partition coefficient (Wildman–Crippen LogP) is 3.14. The van der Waals surface area contributed by atoms with Crippen LogP contribution >= 0.6 is 0 Å². The maximum absolute atomic E-state index is 11.4. The van der Waals surface area contributed by atoms with Gasteiger partial charge in [0.1, 0.15) is 0 Å². The summed E-state index contributed by atoms with van der Waals surface area (Å²) in [4.78, 5) is 4.62. The van der Waals surface area contributed by atoms with Gasteiger partial charge in [-0.05, 0) is 29.5 Å². The van der Waals surface area contributed by atoms with Crippen LogP contribution in [0.15, 0.2) is 59.6 Å². The first-order valence-electron chi connectivity index (χ1n) is 10.2. The molecule has 1 unspecified atom stereocenters. The van der Waals surface area contributed by atoms with E-state index >= 15 is 0 Å². The summed E-state index contributed by atoms with van der Waals surface area (Å²) >= 11 is 0.